The van der Waals surface area contributed by atoms with E-state index in [-0.39, 0.29) is 34.5 Å². The molecule has 1 atom stereocenters. The summed E-state index contributed by atoms with van der Waals surface area (Å²) in [6.07, 6.45) is 1.39. The number of piperidine rings is 1. The number of hydrogen-bond acceptors (Lipinski definition) is 2. The van der Waals surface area contributed by atoms with E-state index in [0.29, 0.717) is 36.6 Å². The summed E-state index contributed by atoms with van der Waals surface area (Å²) in [6.45, 7) is 2.92. The third-order valence-electron chi connectivity index (χ3n) is 5.25. The minimum atomic E-state index is -0.636. The maximum atomic E-state index is 14.0. The maximum Gasteiger partial charge on any atom is 0.321 e. The average Bonchev–Trinajstić information content (AvgIpc) is 2.72. The van der Waals surface area contributed by atoms with E-state index in [2.05, 4.69) is 10.6 Å². The Hall–Kier alpha value is -2.31. The second kappa shape index (κ2) is 9.46. The molecule has 0 unspecified atom stereocenters. The first-order chi connectivity index (χ1) is 13.8. The molecular weight excluding hydrogens is 416 g/mol. The van der Waals surface area contributed by atoms with Crippen molar-refractivity contribution < 1.29 is 14.0 Å². The molecule has 3 amide bonds. The Morgan fingerprint density at radius 1 is 1.07 bits per heavy atom. The molecular formula is C21H22Cl2FN3O2. The van der Waals surface area contributed by atoms with Gasteiger partial charge in [-0.2, -0.15) is 0 Å². The van der Waals surface area contributed by atoms with E-state index in [0.717, 1.165) is 0 Å². The number of benzene rings is 2. The van der Waals surface area contributed by atoms with Crippen molar-refractivity contribution in [3.05, 3.63) is 58.3 Å². The molecule has 154 valence electrons. The Kier molecular flexibility index (Phi) is 6.98. The summed E-state index contributed by atoms with van der Waals surface area (Å²) in [4.78, 5) is 26.7. The number of carbonyl (C=O) groups excluding carboxylic acids is 2. The second-order valence-corrected chi connectivity index (χ2v) is 7.98. The zero-order valence-corrected chi connectivity index (χ0v) is 17.4. The Labute approximate surface area is 179 Å². The number of rotatable bonds is 4. The van der Waals surface area contributed by atoms with Gasteiger partial charge in [-0.15, -0.1) is 0 Å². The highest BCUT2D eigenvalue weighted by molar-refractivity contribution is 6.31. The summed E-state index contributed by atoms with van der Waals surface area (Å²) in [7, 11) is 0. The number of likely N-dealkylation sites (tertiary alicyclic amines) is 1. The van der Waals surface area contributed by atoms with Crippen molar-refractivity contribution in [2.24, 2.45) is 11.8 Å². The highest BCUT2D eigenvalue weighted by Crippen LogP contribution is 2.28. The number of nitrogens with zero attached hydrogens (tertiary/aromatic N) is 1. The second-order valence-electron chi connectivity index (χ2n) is 7.14. The third-order valence-corrected chi connectivity index (χ3v) is 5.80. The van der Waals surface area contributed by atoms with Gasteiger partial charge in [0.25, 0.3) is 0 Å². The molecule has 0 bridgehead atoms. The molecule has 1 saturated heterocycles. The van der Waals surface area contributed by atoms with Gasteiger partial charge in [-0.25, -0.2) is 9.18 Å². The van der Waals surface area contributed by atoms with E-state index in [4.69, 9.17) is 23.2 Å². The van der Waals surface area contributed by atoms with Crippen LogP contribution in [0.15, 0.2) is 42.5 Å². The van der Waals surface area contributed by atoms with Crippen LogP contribution in [0.3, 0.4) is 0 Å². The molecule has 29 heavy (non-hydrogen) atoms. The van der Waals surface area contributed by atoms with Crippen LogP contribution in [-0.2, 0) is 4.79 Å². The van der Waals surface area contributed by atoms with Crippen molar-refractivity contribution >= 4 is 46.5 Å². The highest BCUT2D eigenvalue weighted by Gasteiger charge is 2.30. The first-order valence-electron chi connectivity index (χ1n) is 9.41. The Morgan fingerprint density at radius 3 is 2.38 bits per heavy atom. The fourth-order valence-corrected chi connectivity index (χ4v) is 3.70. The van der Waals surface area contributed by atoms with Gasteiger partial charge in [-0.3, -0.25) is 4.79 Å². The first-order valence-corrected chi connectivity index (χ1v) is 10.2. The van der Waals surface area contributed by atoms with Gasteiger partial charge < -0.3 is 15.5 Å². The van der Waals surface area contributed by atoms with Crippen LogP contribution in [0.2, 0.25) is 10.0 Å². The molecule has 0 radical (unpaired) electrons. The Morgan fingerprint density at radius 2 is 1.72 bits per heavy atom. The molecule has 8 heteroatoms. The van der Waals surface area contributed by atoms with Gasteiger partial charge in [0.2, 0.25) is 5.91 Å². The van der Waals surface area contributed by atoms with E-state index in [1.54, 1.807) is 35.2 Å². The van der Waals surface area contributed by atoms with Crippen LogP contribution in [0.1, 0.15) is 19.8 Å². The molecule has 5 nitrogen and oxygen atoms in total. The lowest BCUT2D eigenvalue weighted by Crippen LogP contribution is -2.43. The summed E-state index contributed by atoms with van der Waals surface area (Å²) in [6, 6.07) is 11.2. The number of carbonyl (C=O) groups is 2. The molecule has 1 aliphatic rings. The van der Waals surface area contributed by atoms with E-state index in [1.165, 1.54) is 12.1 Å². The van der Waals surface area contributed by atoms with Crippen molar-refractivity contribution in [2.75, 3.05) is 23.7 Å². The van der Waals surface area contributed by atoms with Gasteiger partial charge in [0.1, 0.15) is 0 Å². The fourth-order valence-electron chi connectivity index (χ4n) is 3.40. The SMILES string of the molecule is C[C@H](C(=O)Nc1cccc(Cl)c1F)C1CCN(C(=O)Nc2ccc(Cl)cc2)CC1. The lowest BCUT2D eigenvalue weighted by atomic mass is 9.85. The molecule has 2 aromatic carbocycles. The minimum Gasteiger partial charge on any atom is -0.325 e. The summed E-state index contributed by atoms with van der Waals surface area (Å²) < 4.78 is 14.0. The predicted molar refractivity (Wildman–Crippen MR) is 114 cm³/mol. The van der Waals surface area contributed by atoms with Crippen LogP contribution in [0.4, 0.5) is 20.6 Å². The number of anilines is 2. The largest absolute Gasteiger partial charge is 0.325 e. The molecule has 0 aromatic heterocycles. The zero-order valence-electron chi connectivity index (χ0n) is 15.9. The van der Waals surface area contributed by atoms with Gasteiger partial charge in [0.05, 0.1) is 10.7 Å². The molecule has 2 N–H and O–H groups in total. The van der Waals surface area contributed by atoms with Gasteiger partial charge in [0.15, 0.2) is 5.82 Å². The van der Waals surface area contributed by atoms with Crippen molar-refractivity contribution in [1.82, 2.24) is 4.90 Å². The Bertz CT molecular complexity index is 884. The molecule has 1 aliphatic heterocycles. The van der Waals surface area contributed by atoms with Crippen LogP contribution in [0.25, 0.3) is 0 Å². The molecule has 3 rings (SSSR count). The Balaban J connectivity index is 1.51. The highest BCUT2D eigenvalue weighted by atomic mass is 35.5. The molecule has 2 aromatic rings. The monoisotopic (exact) mass is 437 g/mol. The van der Waals surface area contributed by atoms with Gasteiger partial charge in [0, 0.05) is 29.7 Å². The van der Waals surface area contributed by atoms with Gasteiger partial charge in [-0.1, -0.05) is 36.2 Å². The summed E-state index contributed by atoms with van der Waals surface area (Å²) >= 11 is 11.6. The topological polar surface area (TPSA) is 61.4 Å². The molecule has 0 aliphatic carbocycles. The van der Waals surface area contributed by atoms with E-state index in [9.17, 15) is 14.0 Å². The standard InChI is InChI=1S/C21H22Cl2FN3O2/c1-13(20(28)26-18-4-2-3-17(23)19(18)24)14-9-11-27(12-10-14)21(29)25-16-7-5-15(22)6-8-16/h2-8,13-14H,9-12H2,1H3,(H,25,29)(H,26,28)/t13-/m0/s1. The summed E-state index contributed by atoms with van der Waals surface area (Å²) in [5, 5.41) is 6.04. The number of hydrogen-bond donors (Lipinski definition) is 2. The van der Waals surface area contributed by atoms with Crippen LogP contribution in [0.5, 0.6) is 0 Å². The lowest BCUT2D eigenvalue weighted by molar-refractivity contribution is -0.121. The predicted octanol–water partition coefficient (Wildman–Crippen LogP) is 5.65. The normalized spacial score (nSPS) is 15.7. The molecule has 0 spiro atoms. The van der Waals surface area contributed by atoms with Crippen LogP contribution >= 0.6 is 23.2 Å². The lowest BCUT2D eigenvalue weighted by Gasteiger charge is -2.34. The van der Waals surface area contributed by atoms with Crippen molar-refractivity contribution in [1.29, 1.82) is 0 Å². The van der Waals surface area contributed by atoms with E-state index >= 15 is 0 Å². The van der Waals surface area contributed by atoms with Crippen LogP contribution in [-0.4, -0.2) is 29.9 Å². The van der Waals surface area contributed by atoms with Crippen molar-refractivity contribution in [3.63, 3.8) is 0 Å². The van der Waals surface area contributed by atoms with Crippen LogP contribution < -0.4 is 10.6 Å². The number of urea groups is 1. The molecule has 1 heterocycles. The molecule has 1 fully saturated rings. The third kappa shape index (κ3) is 5.40. The van der Waals surface area contributed by atoms with Crippen molar-refractivity contribution in [3.8, 4) is 0 Å². The zero-order chi connectivity index (χ0) is 21.0. The van der Waals surface area contributed by atoms with E-state index < -0.39 is 5.82 Å². The fraction of sp³-hybridized carbons (Fsp3) is 0.333. The minimum absolute atomic E-state index is 0.0320. The number of nitrogens with one attached hydrogen (secondary N) is 2. The summed E-state index contributed by atoms with van der Waals surface area (Å²) in [5.41, 5.74) is 0.756. The van der Waals surface area contributed by atoms with Gasteiger partial charge in [-0.05, 0) is 55.2 Å². The maximum absolute atomic E-state index is 14.0. The quantitative estimate of drug-likeness (QED) is 0.648. The average molecular weight is 438 g/mol. The number of amides is 3. The number of halogens is 3. The van der Waals surface area contributed by atoms with E-state index in [1.807, 2.05) is 6.92 Å². The summed E-state index contributed by atoms with van der Waals surface area (Å²) in [5.74, 6) is -1.09. The smallest absolute Gasteiger partial charge is 0.321 e. The molecule has 0 saturated carbocycles. The van der Waals surface area contributed by atoms with Crippen molar-refractivity contribution in [2.45, 2.75) is 19.8 Å². The first kappa shape index (κ1) is 21.4. The van der Waals surface area contributed by atoms with Crippen LogP contribution in [0, 0.1) is 17.7 Å². The van der Waals surface area contributed by atoms with Gasteiger partial charge >= 0.3 is 6.03 Å².